The van der Waals surface area contributed by atoms with Gasteiger partial charge >= 0.3 is 5.97 Å². The molecule has 0 saturated carbocycles. The topological polar surface area (TPSA) is 99.1 Å². The van der Waals surface area contributed by atoms with Gasteiger partial charge in [0.25, 0.3) is 5.91 Å². The van der Waals surface area contributed by atoms with E-state index in [2.05, 4.69) is 10.3 Å². The number of amidine groups is 1. The summed E-state index contributed by atoms with van der Waals surface area (Å²) in [6, 6.07) is 0. The summed E-state index contributed by atoms with van der Waals surface area (Å²) in [7, 11) is 0. The summed E-state index contributed by atoms with van der Waals surface area (Å²) < 4.78 is 0. The first-order valence-electron chi connectivity index (χ1n) is 6.05. The Hall–Kier alpha value is -1.57. The van der Waals surface area contributed by atoms with E-state index in [0.717, 1.165) is 0 Å². The van der Waals surface area contributed by atoms with E-state index in [0.29, 0.717) is 37.0 Å². The normalized spacial score (nSPS) is 19.1. The van der Waals surface area contributed by atoms with Gasteiger partial charge in [0, 0.05) is 26.1 Å². The number of aliphatic imine (C=N–C) groups is 1. The summed E-state index contributed by atoms with van der Waals surface area (Å²) in [5.74, 6) is -0.746. The molecule has 0 atom stereocenters. The van der Waals surface area contributed by atoms with Gasteiger partial charge in [-0.25, -0.2) is 0 Å². The predicted octanol–water partition coefficient (Wildman–Crippen LogP) is -0.471. The molecule has 2 amide bonds. The molecule has 0 radical (unpaired) electrons. The van der Waals surface area contributed by atoms with Crippen LogP contribution in [0.4, 0.5) is 0 Å². The molecule has 1 saturated heterocycles. The summed E-state index contributed by atoms with van der Waals surface area (Å²) >= 11 is 1.40. The third-order valence-electron chi connectivity index (χ3n) is 2.93. The number of likely N-dealkylation sites (tertiary alicyclic amines) is 1. The van der Waals surface area contributed by atoms with Crippen molar-refractivity contribution in [2.24, 2.45) is 10.9 Å². The van der Waals surface area contributed by atoms with Crippen molar-refractivity contribution < 1.29 is 19.5 Å². The molecule has 7 nitrogen and oxygen atoms in total. The standard InChI is InChI=1S/C11H15N3O4S/c15-8-6-19-11(13-8)14-4-7(5-14)10(18)12-3-1-2-9(16)17/h7H,1-6H2,(H,12,18)(H,16,17). The molecule has 0 spiro atoms. The number of carbonyl (C=O) groups is 3. The Morgan fingerprint density at radius 2 is 2.21 bits per heavy atom. The van der Waals surface area contributed by atoms with Crippen LogP contribution in [0.25, 0.3) is 0 Å². The van der Waals surface area contributed by atoms with Crippen molar-refractivity contribution in [2.45, 2.75) is 12.8 Å². The number of hydrogen-bond acceptors (Lipinski definition) is 5. The van der Waals surface area contributed by atoms with E-state index in [4.69, 9.17) is 5.11 Å². The first-order valence-corrected chi connectivity index (χ1v) is 7.03. The minimum Gasteiger partial charge on any atom is -0.481 e. The first-order chi connectivity index (χ1) is 9.06. The number of amides is 2. The third kappa shape index (κ3) is 3.69. The number of thioether (sulfide) groups is 1. The van der Waals surface area contributed by atoms with Gasteiger partial charge in [-0.15, -0.1) is 0 Å². The fourth-order valence-electron chi connectivity index (χ4n) is 1.86. The van der Waals surface area contributed by atoms with Crippen LogP contribution in [0.3, 0.4) is 0 Å². The molecule has 104 valence electrons. The maximum atomic E-state index is 11.7. The monoisotopic (exact) mass is 285 g/mol. The van der Waals surface area contributed by atoms with Crippen molar-refractivity contribution in [3.63, 3.8) is 0 Å². The highest BCUT2D eigenvalue weighted by Gasteiger charge is 2.36. The highest BCUT2D eigenvalue weighted by Crippen LogP contribution is 2.24. The van der Waals surface area contributed by atoms with Gasteiger partial charge in [-0.3, -0.25) is 14.4 Å². The van der Waals surface area contributed by atoms with Crippen molar-refractivity contribution in [1.82, 2.24) is 10.2 Å². The molecule has 0 aromatic rings. The van der Waals surface area contributed by atoms with E-state index >= 15 is 0 Å². The van der Waals surface area contributed by atoms with Crippen LogP contribution in [-0.2, 0) is 14.4 Å². The van der Waals surface area contributed by atoms with Gasteiger partial charge in [0.15, 0.2) is 5.17 Å². The Morgan fingerprint density at radius 1 is 1.47 bits per heavy atom. The summed E-state index contributed by atoms with van der Waals surface area (Å²) in [6.07, 6.45) is 0.501. The van der Waals surface area contributed by atoms with E-state index in [1.165, 1.54) is 11.8 Å². The lowest BCUT2D eigenvalue weighted by molar-refractivity contribution is -0.137. The molecule has 2 N–H and O–H groups in total. The lowest BCUT2D eigenvalue weighted by atomic mass is 10.00. The van der Waals surface area contributed by atoms with Crippen LogP contribution >= 0.6 is 11.8 Å². The fraction of sp³-hybridized carbons (Fsp3) is 0.636. The number of carboxylic acids is 1. The van der Waals surface area contributed by atoms with Crippen LogP contribution in [0.2, 0.25) is 0 Å². The van der Waals surface area contributed by atoms with Crippen molar-refractivity contribution in [3.8, 4) is 0 Å². The van der Waals surface area contributed by atoms with Crippen molar-refractivity contribution in [1.29, 1.82) is 0 Å². The molecule has 0 bridgehead atoms. The molecule has 2 aliphatic rings. The molecule has 0 aliphatic carbocycles. The average molecular weight is 285 g/mol. The molecule has 2 rings (SSSR count). The number of aliphatic carboxylic acids is 1. The Labute approximate surface area is 114 Å². The highest BCUT2D eigenvalue weighted by molar-refractivity contribution is 8.14. The highest BCUT2D eigenvalue weighted by atomic mass is 32.2. The second kappa shape index (κ2) is 6.05. The Balaban J connectivity index is 1.63. The summed E-state index contributed by atoms with van der Waals surface area (Å²) in [4.78, 5) is 38.8. The number of rotatable bonds is 5. The summed E-state index contributed by atoms with van der Waals surface area (Å²) in [6.45, 7) is 1.53. The van der Waals surface area contributed by atoms with Gasteiger partial charge in [0.05, 0.1) is 11.7 Å². The molecular weight excluding hydrogens is 270 g/mol. The smallest absolute Gasteiger partial charge is 0.303 e. The number of hydrogen-bond donors (Lipinski definition) is 2. The Bertz CT molecular complexity index is 432. The molecule has 0 aromatic carbocycles. The number of carbonyl (C=O) groups excluding carboxylic acids is 2. The fourth-order valence-corrected chi connectivity index (χ4v) is 2.67. The van der Waals surface area contributed by atoms with Crippen LogP contribution in [0.5, 0.6) is 0 Å². The maximum absolute atomic E-state index is 11.7. The zero-order valence-electron chi connectivity index (χ0n) is 10.3. The largest absolute Gasteiger partial charge is 0.481 e. The second-order valence-electron chi connectivity index (χ2n) is 4.47. The number of nitrogens with zero attached hydrogens (tertiary/aromatic N) is 2. The van der Waals surface area contributed by atoms with Crippen molar-refractivity contribution in [3.05, 3.63) is 0 Å². The van der Waals surface area contributed by atoms with E-state index < -0.39 is 5.97 Å². The molecule has 0 unspecified atom stereocenters. The van der Waals surface area contributed by atoms with Gasteiger partial charge in [-0.05, 0) is 6.42 Å². The Morgan fingerprint density at radius 3 is 2.79 bits per heavy atom. The van der Waals surface area contributed by atoms with Gasteiger partial charge in [-0.1, -0.05) is 11.8 Å². The number of nitrogens with one attached hydrogen (secondary N) is 1. The van der Waals surface area contributed by atoms with Crippen LogP contribution in [0.1, 0.15) is 12.8 Å². The lowest BCUT2D eigenvalue weighted by Gasteiger charge is -2.39. The summed E-state index contributed by atoms with van der Waals surface area (Å²) in [5, 5.41) is 11.9. The van der Waals surface area contributed by atoms with Crippen LogP contribution in [-0.4, -0.2) is 58.3 Å². The first kappa shape index (κ1) is 13.9. The van der Waals surface area contributed by atoms with Gasteiger partial charge < -0.3 is 15.3 Å². The van der Waals surface area contributed by atoms with Gasteiger partial charge in [0.1, 0.15) is 0 Å². The predicted molar refractivity (Wildman–Crippen MR) is 69.8 cm³/mol. The molecule has 1 fully saturated rings. The molecule has 8 heteroatoms. The van der Waals surface area contributed by atoms with Crippen LogP contribution in [0.15, 0.2) is 4.99 Å². The molecule has 19 heavy (non-hydrogen) atoms. The van der Waals surface area contributed by atoms with Gasteiger partial charge in [0.2, 0.25) is 5.91 Å². The van der Waals surface area contributed by atoms with E-state index in [1.807, 2.05) is 4.90 Å². The zero-order chi connectivity index (χ0) is 13.8. The van der Waals surface area contributed by atoms with E-state index in [-0.39, 0.29) is 24.2 Å². The van der Waals surface area contributed by atoms with Crippen LogP contribution in [0, 0.1) is 5.92 Å². The maximum Gasteiger partial charge on any atom is 0.303 e. The summed E-state index contributed by atoms with van der Waals surface area (Å²) in [5.41, 5.74) is 0. The van der Waals surface area contributed by atoms with Gasteiger partial charge in [-0.2, -0.15) is 4.99 Å². The molecule has 2 aliphatic heterocycles. The minimum absolute atomic E-state index is 0.0587. The van der Waals surface area contributed by atoms with Crippen LogP contribution < -0.4 is 5.32 Å². The van der Waals surface area contributed by atoms with Crippen molar-refractivity contribution in [2.75, 3.05) is 25.4 Å². The van der Waals surface area contributed by atoms with Crippen molar-refractivity contribution >= 4 is 34.7 Å². The number of carboxylic acid groups (broad SMARTS) is 1. The zero-order valence-corrected chi connectivity index (χ0v) is 11.1. The molecule has 2 heterocycles. The van der Waals surface area contributed by atoms with E-state index in [1.54, 1.807) is 0 Å². The SMILES string of the molecule is O=C(O)CCCNC(=O)C1CN(C2=NC(=O)CS2)C1. The second-order valence-corrected chi connectivity index (χ2v) is 5.41. The Kier molecular flexibility index (Phi) is 4.41. The minimum atomic E-state index is -0.856. The third-order valence-corrected chi connectivity index (χ3v) is 3.93. The average Bonchev–Trinajstić information content (AvgIpc) is 2.69. The lowest BCUT2D eigenvalue weighted by Crippen LogP contribution is -2.55. The molecule has 0 aromatic heterocycles. The molecular formula is C11H15N3O4S. The quantitative estimate of drug-likeness (QED) is 0.662. The van der Waals surface area contributed by atoms with E-state index in [9.17, 15) is 14.4 Å².